The number of carbonyl (C=O) groups excluding carboxylic acids is 1. The largest absolute Gasteiger partial charge is 0.339 e. The van der Waals surface area contributed by atoms with E-state index in [-0.39, 0.29) is 5.91 Å². The van der Waals surface area contributed by atoms with Crippen LogP contribution in [-0.2, 0) is 0 Å². The predicted molar refractivity (Wildman–Crippen MR) is 117 cm³/mol. The van der Waals surface area contributed by atoms with Gasteiger partial charge in [-0.15, -0.1) is 0 Å². The molecule has 3 heteroatoms. The SMILES string of the molecule is Cc1ccc(-c2ccc(C(=O)N3CCCCC3)cc2-c2ccc(C#N)cc2)cc1. The zero-order valence-electron chi connectivity index (χ0n) is 16.7. The normalized spacial score (nSPS) is 13.7. The summed E-state index contributed by atoms with van der Waals surface area (Å²) in [7, 11) is 0. The van der Waals surface area contributed by atoms with E-state index >= 15 is 0 Å². The molecule has 1 aliphatic rings. The number of likely N-dealkylation sites (tertiary alicyclic amines) is 1. The summed E-state index contributed by atoms with van der Waals surface area (Å²) in [5, 5.41) is 9.12. The van der Waals surface area contributed by atoms with E-state index in [9.17, 15) is 4.79 Å². The van der Waals surface area contributed by atoms with Crippen molar-refractivity contribution in [1.29, 1.82) is 5.26 Å². The molecule has 144 valence electrons. The second kappa shape index (κ2) is 8.32. The standard InChI is InChI=1S/C26H24N2O/c1-19-5-9-21(10-6-19)24-14-13-23(26(29)28-15-3-2-4-16-28)17-25(24)22-11-7-20(18-27)8-12-22/h5-14,17H,2-4,15-16H2,1H3. The lowest BCUT2D eigenvalue weighted by Crippen LogP contribution is -2.35. The molecule has 1 heterocycles. The quantitative estimate of drug-likeness (QED) is 0.574. The number of nitrogens with zero attached hydrogens (tertiary/aromatic N) is 2. The summed E-state index contributed by atoms with van der Waals surface area (Å²) in [6.45, 7) is 3.75. The molecule has 0 N–H and O–H groups in total. The molecule has 3 aromatic rings. The number of hydrogen-bond acceptors (Lipinski definition) is 2. The maximum absolute atomic E-state index is 13.1. The lowest BCUT2D eigenvalue weighted by atomic mass is 9.91. The van der Waals surface area contributed by atoms with Gasteiger partial charge in [-0.3, -0.25) is 4.79 Å². The lowest BCUT2D eigenvalue weighted by Gasteiger charge is -2.27. The lowest BCUT2D eigenvalue weighted by molar-refractivity contribution is 0.0724. The van der Waals surface area contributed by atoms with E-state index in [1.165, 1.54) is 12.0 Å². The van der Waals surface area contributed by atoms with Gasteiger partial charge in [0.1, 0.15) is 0 Å². The second-order valence-electron chi connectivity index (χ2n) is 7.67. The van der Waals surface area contributed by atoms with Crippen LogP contribution in [0.5, 0.6) is 0 Å². The van der Waals surface area contributed by atoms with Crippen molar-refractivity contribution in [1.82, 2.24) is 4.90 Å². The maximum Gasteiger partial charge on any atom is 0.253 e. The smallest absolute Gasteiger partial charge is 0.253 e. The van der Waals surface area contributed by atoms with Gasteiger partial charge in [0.05, 0.1) is 11.6 Å². The summed E-state index contributed by atoms with van der Waals surface area (Å²) in [6.07, 6.45) is 3.36. The van der Waals surface area contributed by atoms with Crippen LogP contribution < -0.4 is 0 Å². The highest BCUT2D eigenvalue weighted by Crippen LogP contribution is 2.34. The first-order valence-corrected chi connectivity index (χ1v) is 10.2. The minimum absolute atomic E-state index is 0.107. The van der Waals surface area contributed by atoms with Crippen molar-refractivity contribution in [2.75, 3.05) is 13.1 Å². The highest BCUT2D eigenvalue weighted by molar-refractivity contribution is 5.98. The van der Waals surface area contributed by atoms with Crippen LogP contribution in [0.4, 0.5) is 0 Å². The molecule has 3 aromatic carbocycles. The van der Waals surface area contributed by atoms with E-state index in [0.29, 0.717) is 5.56 Å². The first kappa shape index (κ1) is 19.0. The molecule has 3 nitrogen and oxygen atoms in total. The van der Waals surface area contributed by atoms with Crippen LogP contribution in [0, 0.1) is 18.3 Å². The van der Waals surface area contributed by atoms with Crippen LogP contribution in [0.1, 0.15) is 40.7 Å². The van der Waals surface area contributed by atoms with E-state index in [4.69, 9.17) is 5.26 Å². The molecule has 0 atom stereocenters. The Hall–Kier alpha value is -3.38. The molecule has 1 fully saturated rings. The number of hydrogen-bond donors (Lipinski definition) is 0. The van der Waals surface area contributed by atoms with Crippen molar-refractivity contribution in [3.63, 3.8) is 0 Å². The van der Waals surface area contributed by atoms with Gasteiger partial charge < -0.3 is 4.90 Å². The third-order valence-corrected chi connectivity index (χ3v) is 5.60. The third-order valence-electron chi connectivity index (χ3n) is 5.60. The molecule has 0 saturated carbocycles. The minimum atomic E-state index is 0.107. The van der Waals surface area contributed by atoms with Gasteiger partial charge in [-0.1, -0.05) is 48.0 Å². The van der Waals surface area contributed by atoms with Gasteiger partial charge in [0.25, 0.3) is 5.91 Å². The van der Waals surface area contributed by atoms with Gasteiger partial charge in [-0.25, -0.2) is 0 Å². The van der Waals surface area contributed by atoms with Crippen molar-refractivity contribution in [3.8, 4) is 28.3 Å². The fourth-order valence-electron chi connectivity index (χ4n) is 3.90. The Balaban J connectivity index is 1.79. The van der Waals surface area contributed by atoms with Crippen molar-refractivity contribution in [2.45, 2.75) is 26.2 Å². The van der Waals surface area contributed by atoms with Crippen LogP contribution in [0.25, 0.3) is 22.3 Å². The zero-order valence-corrected chi connectivity index (χ0v) is 16.7. The van der Waals surface area contributed by atoms with Crippen molar-refractivity contribution >= 4 is 5.91 Å². The second-order valence-corrected chi connectivity index (χ2v) is 7.67. The van der Waals surface area contributed by atoms with Crippen LogP contribution in [0.2, 0.25) is 0 Å². The summed E-state index contributed by atoms with van der Waals surface area (Å²) in [5.74, 6) is 0.107. The van der Waals surface area contributed by atoms with Gasteiger partial charge in [-0.2, -0.15) is 5.26 Å². The molecule has 0 spiro atoms. The van der Waals surface area contributed by atoms with E-state index in [0.717, 1.165) is 53.7 Å². The van der Waals surface area contributed by atoms with Crippen LogP contribution in [0.3, 0.4) is 0 Å². The summed E-state index contributed by atoms with van der Waals surface area (Å²) < 4.78 is 0. The number of aryl methyl sites for hydroxylation is 1. The average Bonchev–Trinajstić information content (AvgIpc) is 2.79. The Morgan fingerprint density at radius 2 is 1.45 bits per heavy atom. The summed E-state index contributed by atoms with van der Waals surface area (Å²) in [4.78, 5) is 15.0. The molecular formula is C26H24N2O. The van der Waals surface area contributed by atoms with E-state index in [1.54, 1.807) is 0 Å². The average molecular weight is 380 g/mol. The molecule has 0 bridgehead atoms. The number of carbonyl (C=O) groups is 1. The van der Waals surface area contributed by atoms with Gasteiger partial charge in [0.2, 0.25) is 0 Å². The first-order chi connectivity index (χ1) is 14.2. The van der Waals surface area contributed by atoms with Crippen LogP contribution in [0.15, 0.2) is 66.7 Å². The monoisotopic (exact) mass is 380 g/mol. The van der Waals surface area contributed by atoms with Gasteiger partial charge in [0.15, 0.2) is 0 Å². The number of rotatable bonds is 3. The summed E-state index contributed by atoms with van der Waals surface area (Å²) >= 11 is 0. The molecular weight excluding hydrogens is 356 g/mol. The minimum Gasteiger partial charge on any atom is -0.339 e. The Morgan fingerprint density at radius 3 is 2.10 bits per heavy atom. The molecule has 1 amide bonds. The van der Waals surface area contributed by atoms with Gasteiger partial charge in [0, 0.05) is 18.7 Å². The molecule has 0 aromatic heterocycles. The highest BCUT2D eigenvalue weighted by Gasteiger charge is 2.20. The molecule has 1 saturated heterocycles. The Kier molecular flexibility index (Phi) is 5.44. The van der Waals surface area contributed by atoms with E-state index < -0.39 is 0 Å². The summed E-state index contributed by atoms with van der Waals surface area (Å²) in [6, 6.07) is 24.2. The van der Waals surface area contributed by atoms with Gasteiger partial charge in [-0.05, 0) is 72.7 Å². The number of nitriles is 1. The molecule has 0 radical (unpaired) electrons. The predicted octanol–water partition coefficient (Wildman–Crippen LogP) is 5.83. The maximum atomic E-state index is 13.1. The number of benzene rings is 3. The molecule has 4 rings (SSSR count). The van der Waals surface area contributed by atoms with Crippen molar-refractivity contribution in [3.05, 3.63) is 83.4 Å². The fourth-order valence-corrected chi connectivity index (χ4v) is 3.90. The van der Waals surface area contributed by atoms with E-state index in [2.05, 4.69) is 43.3 Å². The number of piperidine rings is 1. The van der Waals surface area contributed by atoms with Crippen LogP contribution in [-0.4, -0.2) is 23.9 Å². The molecule has 0 aliphatic carbocycles. The zero-order chi connectivity index (χ0) is 20.2. The summed E-state index contributed by atoms with van der Waals surface area (Å²) in [5.41, 5.74) is 6.80. The van der Waals surface area contributed by atoms with Gasteiger partial charge >= 0.3 is 0 Å². The Bertz CT molecular complexity index is 1050. The third kappa shape index (κ3) is 4.07. The topological polar surface area (TPSA) is 44.1 Å². The highest BCUT2D eigenvalue weighted by atomic mass is 16.2. The molecule has 0 unspecified atom stereocenters. The Labute approximate surface area is 172 Å². The van der Waals surface area contributed by atoms with Crippen molar-refractivity contribution in [2.24, 2.45) is 0 Å². The fraction of sp³-hybridized carbons (Fsp3) is 0.231. The molecule has 1 aliphatic heterocycles. The molecule has 29 heavy (non-hydrogen) atoms. The number of amides is 1. The van der Waals surface area contributed by atoms with Crippen LogP contribution >= 0.6 is 0 Å². The Morgan fingerprint density at radius 1 is 0.828 bits per heavy atom. The van der Waals surface area contributed by atoms with Crippen molar-refractivity contribution < 1.29 is 4.79 Å². The first-order valence-electron chi connectivity index (χ1n) is 10.2. The van der Waals surface area contributed by atoms with E-state index in [1.807, 2.05) is 41.3 Å².